The SMILES string of the molecule is CCC/C=C\c1c(N2CCOC2=O)cc(N2CCOCC2)nc1C. The van der Waals surface area contributed by atoms with Gasteiger partial charge in [-0.1, -0.05) is 25.5 Å². The molecule has 3 rings (SSSR count). The second kappa shape index (κ2) is 7.66. The molecule has 0 aromatic carbocycles. The van der Waals surface area contributed by atoms with Gasteiger partial charge < -0.3 is 14.4 Å². The molecule has 1 amide bonds. The van der Waals surface area contributed by atoms with Gasteiger partial charge in [-0.2, -0.15) is 0 Å². The lowest BCUT2D eigenvalue weighted by molar-refractivity contribution is 0.122. The first-order chi connectivity index (χ1) is 11.7. The zero-order valence-electron chi connectivity index (χ0n) is 14.5. The Labute approximate surface area is 143 Å². The Morgan fingerprint density at radius 1 is 1.25 bits per heavy atom. The lowest BCUT2D eigenvalue weighted by atomic mass is 10.1. The first-order valence-corrected chi connectivity index (χ1v) is 8.66. The van der Waals surface area contributed by atoms with E-state index >= 15 is 0 Å². The third kappa shape index (κ3) is 3.53. The molecule has 2 saturated heterocycles. The molecule has 0 radical (unpaired) electrons. The van der Waals surface area contributed by atoms with Crippen LogP contribution in [0.4, 0.5) is 16.3 Å². The summed E-state index contributed by atoms with van der Waals surface area (Å²) in [5.74, 6) is 0.901. The van der Waals surface area contributed by atoms with Crippen molar-refractivity contribution < 1.29 is 14.3 Å². The van der Waals surface area contributed by atoms with Crippen LogP contribution in [0.1, 0.15) is 31.0 Å². The Morgan fingerprint density at radius 2 is 2.04 bits per heavy atom. The average Bonchev–Trinajstić information content (AvgIpc) is 3.03. The Bertz CT molecular complexity index is 624. The number of hydrogen-bond donors (Lipinski definition) is 0. The molecule has 3 heterocycles. The predicted octanol–water partition coefficient (Wildman–Crippen LogP) is 3.00. The summed E-state index contributed by atoms with van der Waals surface area (Å²) in [5, 5.41) is 0. The second-order valence-electron chi connectivity index (χ2n) is 6.06. The van der Waals surface area contributed by atoms with E-state index in [1.807, 2.05) is 13.0 Å². The minimum absolute atomic E-state index is 0.279. The highest BCUT2D eigenvalue weighted by atomic mass is 16.6. The fourth-order valence-electron chi connectivity index (χ4n) is 3.01. The van der Waals surface area contributed by atoms with Gasteiger partial charge in [0.1, 0.15) is 12.4 Å². The molecule has 2 fully saturated rings. The zero-order valence-corrected chi connectivity index (χ0v) is 14.5. The van der Waals surface area contributed by atoms with Gasteiger partial charge in [-0.15, -0.1) is 0 Å². The normalized spacial score (nSPS) is 18.5. The summed E-state index contributed by atoms with van der Waals surface area (Å²) < 4.78 is 10.6. The van der Waals surface area contributed by atoms with Crippen molar-refractivity contribution in [3.63, 3.8) is 0 Å². The van der Waals surface area contributed by atoms with Crippen molar-refractivity contribution in [3.8, 4) is 0 Å². The third-order valence-corrected chi connectivity index (χ3v) is 4.34. The maximum atomic E-state index is 12.1. The number of aromatic nitrogens is 1. The van der Waals surface area contributed by atoms with Crippen molar-refractivity contribution in [1.29, 1.82) is 0 Å². The summed E-state index contributed by atoms with van der Waals surface area (Å²) in [6, 6.07) is 2.01. The molecule has 0 atom stereocenters. The number of anilines is 2. The van der Waals surface area contributed by atoms with Crippen LogP contribution in [0, 0.1) is 6.92 Å². The molecule has 0 bridgehead atoms. The zero-order chi connectivity index (χ0) is 16.9. The lowest BCUT2D eigenvalue weighted by Gasteiger charge is -2.29. The minimum atomic E-state index is -0.279. The predicted molar refractivity (Wildman–Crippen MR) is 94.6 cm³/mol. The van der Waals surface area contributed by atoms with Gasteiger partial charge in [0.25, 0.3) is 0 Å². The van der Waals surface area contributed by atoms with E-state index in [9.17, 15) is 4.79 Å². The molecular formula is C18H25N3O3. The van der Waals surface area contributed by atoms with Crippen molar-refractivity contribution in [2.45, 2.75) is 26.7 Å². The second-order valence-corrected chi connectivity index (χ2v) is 6.06. The van der Waals surface area contributed by atoms with Crippen molar-refractivity contribution in [2.24, 2.45) is 0 Å². The maximum absolute atomic E-state index is 12.1. The van der Waals surface area contributed by atoms with Gasteiger partial charge in [-0.3, -0.25) is 4.90 Å². The van der Waals surface area contributed by atoms with Crippen molar-refractivity contribution in [3.05, 3.63) is 23.4 Å². The summed E-state index contributed by atoms with van der Waals surface area (Å²) in [4.78, 5) is 20.8. The third-order valence-electron chi connectivity index (χ3n) is 4.34. The minimum Gasteiger partial charge on any atom is -0.447 e. The van der Waals surface area contributed by atoms with E-state index in [4.69, 9.17) is 14.5 Å². The fourth-order valence-corrected chi connectivity index (χ4v) is 3.01. The van der Waals surface area contributed by atoms with Crippen molar-refractivity contribution >= 4 is 23.7 Å². The first-order valence-electron chi connectivity index (χ1n) is 8.66. The molecule has 2 aliphatic heterocycles. The smallest absolute Gasteiger partial charge is 0.414 e. The summed E-state index contributed by atoms with van der Waals surface area (Å²) in [5.41, 5.74) is 2.82. The van der Waals surface area contributed by atoms with Crippen LogP contribution < -0.4 is 9.80 Å². The number of amides is 1. The van der Waals surface area contributed by atoms with Crippen LogP contribution in [0.15, 0.2) is 12.1 Å². The summed E-state index contributed by atoms with van der Waals surface area (Å²) in [6.07, 6.45) is 6.04. The molecule has 1 aromatic rings. The first kappa shape index (κ1) is 16.8. The molecule has 2 aliphatic rings. The van der Waals surface area contributed by atoms with Gasteiger partial charge in [0.2, 0.25) is 0 Å². The van der Waals surface area contributed by atoms with Gasteiger partial charge in [0, 0.05) is 30.4 Å². The monoisotopic (exact) mass is 331 g/mol. The van der Waals surface area contributed by atoms with Gasteiger partial charge >= 0.3 is 6.09 Å². The maximum Gasteiger partial charge on any atom is 0.414 e. The number of unbranched alkanes of at least 4 members (excludes halogenated alkanes) is 1. The number of ether oxygens (including phenoxy) is 2. The van der Waals surface area contributed by atoms with Crippen molar-refractivity contribution in [1.82, 2.24) is 4.98 Å². The number of aryl methyl sites for hydroxylation is 1. The van der Waals surface area contributed by atoms with Crippen molar-refractivity contribution in [2.75, 3.05) is 49.3 Å². The molecule has 6 nitrogen and oxygen atoms in total. The highest BCUT2D eigenvalue weighted by molar-refractivity contribution is 5.93. The lowest BCUT2D eigenvalue weighted by Crippen LogP contribution is -2.37. The van der Waals surface area contributed by atoms with E-state index in [-0.39, 0.29) is 6.09 Å². The molecule has 0 saturated carbocycles. The molecule has 0 spiro atoms. The summed E-state index contributed by atoms with van der Waals surface area (Å²) >= 11 is 0. The number of carbonyl (C=O) groups excluding carboxylic acids is 1. The van der Waals surface area contributed by atoms with Crippen LogP contribution >= 0.6 is 0 Å². The number of carbonyl (C=O) groups is 1. The van der Waals surface area contributed by atoms with Crippen LogP contribution in [-0.2, 0) is 9.47 Å². The quantitative estimate of drug-likeness (QED) is 0.830. The molecule has 0 N–H and O–H groups in total. The van der Waals surface area contributed by atoms with Crippen LogP contribution in [0.3, 0.4) is 0 Å². The van der Waals surface area contributed by atoms with Gasteiger partial charge in [-0.25, -0.2) is 9.78 Å². The number of rotatable bonds is 5. The Hall–Kier alpha value is -2.08. The van der Waals surface area contributed by atoms with Gasteiger partial charge in [-0.05, 0) is 13.3 Å². The van der Waals surface area contributed by atoms with E-state index in [1.165, 1.54) is 0 Å². The van der Waals surface area contributed by atoms with Gasteiger partial charge in [0.05, 0.1) is 25.4 Å². The molecule has 130 valence electrons. The Morgan fingerprint density at radius 3 is 2.71 bits per heavy atom. The number of hydrogen-bond acceptors (Lipinski definition) is 5. The highest BCUT2D eigenvalue weighted by Gasteiger charge is 2.27. The topological polar surface area (TPSA) is 54.9 Å². The largest absolute Gasteiger partial charge is 0.447 e. The molecular weight excluding hydrogens is 306 g/mol. The number of cyclic esters (lactones) is 1. The molecule has 1 aromatic heterocycles. The number of pyridine rings is 1. The number of morpholine rings is 1. The van der Waals surface area contributed by atoms with Gasteiger partial charge in [0.15, 0.2) is 0 Å². The van der Waals surface area contributed by atoms with E-state index in [1.54, 1.807) is 4.90 Å². The highest BCUT2D eigenvalue weighted by Crippen LogP contribution is 2.31. The number of allylic oxidation sites excluding steroid dienone is 1. The van der Waals surface area contributed by atoms with E-state index in [0.717, 1.165) is 48.7 Å². The Balaban J connectivity index is 1.99. The van der Waals surface area contributed by atoms with Crippen LogP contribution in [0.2, 0.25) is 0 Å². The summed E-state index contributed by atoms with van der Waals surface area (Å²) in [6.45, 7) is 8.23. The fraction of sp³-hybridized carbons (Fsp3) is 0.556. The molecule has 0 unspecified atom stereocenters. The molecule has 6 heteroatoms. The molecule has 0 aliphatic carbocycles. The van der Waals surface area contributed by atoms with Crippen LogP contribution in [0.25, 0.3) is 6.08 Å². The standard InChI is InChI=1S/C18H25N3O3/c1-3-4-5-6-15-14(2)19-17(20-7-10-23-11-8-20)13-16(15)21-9-12-24-18(21)22/h5-6,13H,3-4,7-12H2,1-2H3/b6-5-. The van der Waals surface area contributed by atoms with Crippen LogP contribution in [0.5, 0.6) is 0 Å². The Kier molecular flexibility index (Phi) is 5.35. The van der Waals surface area contributed by atoms with E-state index < -0.39 is 0 Å². The molecule has 24 heavy (non-hydrogen) atoms. The van der Waals surface area contributed by atoms with E-state index in [2.05, 4.69) is 24.0 Å². The number of nitrogens with zero attached hydrogens (tertiary/aromatic N) is 3. The van der Waals surface area contributed by atoms with Crippen LogP contribution in [-0.4, -0.2) is 50.5 Å². The van der Waals surface area contributed by atoms with E-state index in [0.29, 0.717) is 26.4 Å². The summed E-state index contributed by atoms with van der Waals surface area (Å²) in [7, 11) is 0. The average molecular weight is 331 g/mol.